The largest absolute Gasteiger partial charge is 0.494 e. The molecular weight excluding hydrogens is 518 g/mol. The maximum absolute atomic E-state index is 13.9. The lowest BCUT2D eigenvalue weighted by Gasteiger charge is -2.26. The van der Waals surface area contributed by atoms with Crippen LogP contribution in [-0.2, 0) is 4.79 Å². The molecule has 4 aromatic rings. The van der Waals surface area contributed by atoms with Crippen LogP contribution in [-0.4, -0.2) is 42.9 Å². The van der Waals surface area contributed by atoms with Crippen molar-refractivity contribution in [3.8, 4) is 21.9 Å². The van der Waals surface area contributed by atoms with Gasteiger partial charge in [-0.05, 0) is 111 Å². The SMILES string of the molecule is CCCC(=O)Oc1ccc(-c2sc3cc(C)ccc3c2C(=O)c2ccc(OCCCN3CCCCC3)cc2)cc1. The second kappa shape index (κ2) is 13.2. The Hall–Kier alpha value is -3.48. The van der Waals surface area contributed by atoms with Gasteiger partial charge in [-0.2, -0.15) is 0 Å². The van der Waals surface area contributed by atoms with E-state index in [1.807, 2.05) is 55.5 Å². The molecule has 0 amide bonds. The number of rotatable bonds is 11. The van der Waals surface area contributed by atoms with Gasteiger partial charge < -0.3 is 14.4 Å². The van der Waals surface area contributed by atoms with Crippen molar-refractivity contribution in [2.75, 3.05) is 26.2 Å². The quantitative estimate of drug-likeness (QED) is 0.0811. The molecule has 5 rings (SSSR count). The summed E-state index contributed by atoms with van der Waals surface area (Å²) in [5, 5.41) is 0.951. The molecule has 0 saturated carbocycles. The molecule has 208 valence electrons. The first-order valence-corrected chi connectivity index (χ1v) is 15.2. The van der Waals surface area contributed by atoms with Crippen LogP contribution in [0, 0.1) is 6.92 Å². The Morgan fingerprint density at radius 2 is 1.62 bits per heavy atom. The molecule has 3 aromatic carbocycles. The van der Waals surface area contributed by atoms with E-state index in [1.165, 1.54) is 32.4 Å². The number of hydrogen-bond acceptors (Lipinski definition) is 6. The van der Waals surface area contributed by atoms with E-state index in [0.29, 0.717) is 29.9 Å². The van der Waals surface area contributed by atoms with E-state index >= 15 is 0 Å². The average Bonchev–Trinajstić information content (AvgIpc) is 3.35. The number of nitrogens with zero attached hydrogens (tertiary/aromatic N) is 1. The van der Waals surface area contributed by atoms with E-state index in [4.69, 9.17) is 9.47 Å². The first-order valence-electron chi connectivity index (χ1n) is 14.4. The predicted octanol–water partition coefficient (Wildman–Crippen LogP) is 8.07. The summed E-state index contributed by atoms with van der Waals surface area (Å²) in [6.07, 6.45) is 6.09. The summed E-state index contributed by atoms with van der Waals surface area (Å²) < 4.78 is 12.5. The number of ether oxygens (including phenoxy) is 2. The van der Waals surface area contributed by atoms with Crippen LogP contribution in [0.2, 0.25) is 0 Å². The smallest absolute Gasteiger partial charge is 0.311 e. The Balaban J connectivity index is 1.33. The minimum absolute atomic E-state index is 0.0137. The molecule has 0 atom stereocenters. The van der Waals surface area contributed by atoms with Gasteiger partial charge in [0.1, 0.15) is 11.5 Å². The number of fused-ring (bicyclic) bond motifs is 1. The summed E-state index contributed by atoms with van der Waals surface area (Å²) in [5.41, 5.74) is 3.41. The normalized spacial score (nSPS) is 13.8. The monoisotopic (exact) mass is 555 g/mol. The Bertz CT molecular complexity index is 1450. The lowest BCUT2D eigenvalue weighted by Crippen LogP contribution is -2.31. The number of carbonyl (C=O) groups excluding carboxylic acids is 2. The minimum atomic E-state index is -0.238. The van der Waals surface area contributed by atoms with E-state index in [-0.39, 0.29) is 11.8 Å². The fraction of sp³-hybridized carbons (Fsp3) is 0.353. The highest BCUT2D eigenvalue weighted by Gasteiger charge is 2.22. The molecular formula is C34H37NO4S. The van der Waals surface area contributed by atoms with Gasteiger partial charge in [0.2, 0.25) is 0 Å². The predicted molar refractivity (Wildman–Crippen MR) is 163 cm³/mol. The molecule has 5 nitrogen and oxygen atoms in total. The Labute approximate surface area is 240 Å². The topological polar surface area (TPSA) is 55.8 Å². The van der Waals surface area contributed by atoms with Crippen LogP contribution in [0.15, 0.2) is 66.7 Å². The van der Waals surface area contributed by atoms with Crippen LogP contribution in [0.5, 0.6) is 11.5 Å². The van der Waals surface area contributed by atoms with Crippen molar-refractivity contribution in [2.45, 2.75) is 52.4 Å². The lowest BCUT2D eigenvalue weighted by atomic mass is 9.97. The van der Waals surface area contributed by atoms with Gasteiger partial charge in [-0.1, -0.05) is 25.5 Å². The van der Waals surface area contributed by atoms with E-state index in [0.717, 1.165) is 51.2 Å². The summed E-state index contributed by atoms with van der Waals surface area (Å²) in [7, 11) is 0. The van der Waals surface area contributed by atoms with E-state index in [1.54, 1.807) is 23.5 Å². The number of likely N-dealkylation sites (tertiary alicyclic amines) is 1. The Morgan fingerprint density at radius 3 is 2.35 bits per heavy atom. The third-order valence-electron chi connectivity index (χ3n) is 7.33. The van der Waals surface area contributed by atoms with E-state index in [9.17, 15) is 9.59 Å². The summed E-state index contributed by atoms with van der Waals surface area (Å²) in [6.45, 7) is 8.16. The number of benzene rings is 3. The molecule has 1 aliphatic rings. The maximum atomic E-state index is 13.9. The third-order valence-corrected chi connectivity index (χ3v) is 8.53. The van der Waals surface area contributed by atoms with Crippen LogP contribution in [0.25, 0.3) is 20.5 Å². The van der Waals surface area contributed by atoms with Crippen LogP contribution >= 0.6 is 11.3 Å². The van der Waals surface area contributed by atoms with Crippen molar-refractivity contribution in [1.29, 1.82) is 0 Å². The first-order chi connectivity index (χ1) is 19.5. The average molecular weight is 556 g/mol. The number of ketones is 1. The molecule has 0 aliphatic carbocycles. The van der Waals surface area contributed by atoms with Crippen LogP contribution in [0.1, 0.15) is 66.9 Å². The van der Waals surface area contributed by atoms with Crippen LogP contribution in [0.4, 0.5) is 0 Å². The molecule has 0 unspecified atom stereocenters. The molecule has 2 heterocycles. The van der Waals surface area contributed by atoms with Gasteiger partial charge in [0, 0.05) is 39.1 Å². The number of piperidine rings is 1. The van der Waals surface area contributed by atoms with Crippen molar-refractivity contribution in [1.82, 2.24) is 4.90 Å². The fourth-order valence-electron chi connectivity index (χ4n) is 5.20. The summed E-state index contributed by atoms with van der Waals surface area (Å²) in [4.78, 5) is 29.3. The third kappa shape index (κ3) is 6.80. The maximum Gasteiger partial charge on any atom is 0.311 e. The number of hydrogen-bond donors (Lipinski definition) is 0. The molecule has 0 spiro atoms. The van der Waals surface area contributed by atoms with E-state index in [2.05, 4.69) is 17.9 Å². The van der Waals surface area contributed by atoms with Crippen molar-refractivity contribution < 1.29 is 19.1 Å². The van der Waals surface area contributed by atoms with Gasteiger partial charge in [-0.3, -0.25) is 9.59 Å². The van der Waals surface area contributed by atoms with Gasteiger partial charge >= 0.3 is 5.97 Å². The number of carbonyl (C=O) groups is 2. The first kappa shape index (κ1) is 28.1. The highest BCUT2D eigenvalue weighted by Crippen LogP contribution is 2.41. The fourth-order valence-corrected chi connectivity index (χ4v) is 6.50. The summed E-state index contributed by atoms with van der Waals surface area (Å²) in [6, 6.07) is 21.2. The highest BCUT2D eigenvalue weighted by atomic mass is 32.1. The van der Waals surface area contributed by atoms with Crippen molar-refractivity contribution in [2.24, 2.45) is 0 Å². The van der Waals surface area contributed by atoms with Crippen molar-refractivity contribution in [3.05, 3.63) is 83.4 Å². The zero-order valence-corrected chi connectivity index (χ0v) is 24.2. The molecule has 0 bridgehead atoms. The zero-order valence-electron chi connectivity index (χ0n) is 23.4. The van der Waals surface area contributed by atoms with E-state index < -0.39 is 0 Å². The highest BCUT2D eigenvalue weighted by molar-refractivity contribution is 7.22. The molecule has 1 aliphatic heterocycles. The zero-order chi connectivity index (χ0) is 27.9. The summed E-state index contributed by atoms with van der Waals surface area (Å²) >= 11 is 1.61. The van der Waals surface area contributed by atoms with Crippen LogP contribution < -0.4 is 9.47 Å². The molecule has 40 heavy (non-hydrogen) atoms. The molecule has 1 saturated heterocycles. The molecule has 6 heteroatoms. The Morgan fingerprint density at radius 1 is 0.900 bits per heavy atom. The van der Waals surface area contributed by atoms with Gasteiger partial charge in [0.15, 0.2) is 5.78 Å². The molecule has 1 fully saturated rings. The second-order valence-electron chi connectivity index (χ2n) is 10.5. The molecule has 0 N–H and O–H groups in total. The molecule has 0 radical (unpaired) electrons. The van der Waals surface area contributed by atoms with Gasteiger partial charge in [0.25, 0.3) is 0 Å². The van der Waals surface area contributed by atoms with Crippen molar-refractivity contribution >= 4 is 33.2 Å². The standard InChI is InChI=1S/C34H37NO4S/c1-3-8-31(36)39-28-16-12-26(13-17-28)34-32(29-18-9-24(2)23-30(29)40-34)33(37)25-10-14-27(15-11-25)38-22-7-21-35-19-5-4-6-20-35/h9-18,23H,3-8,19-22H2,1-2H3. The number of esters is 1. The molecule has 1 aromatic heterocycles. The number of aryl methyl sites for hydroxylation is 1. The Kier molecular flexibility index (Phi) is 9.30. The van der Waals surface area contributed by atoms with Gasteiger partial charge in [0.05, 0.1) is 6.61 Å². The van der Waals surface area contributed by atoms with Crippen molar-refractivity contribution in [3.63, 3.8) is 0 Å². The van der Waals surface area contributed by atoms with Crippen LogP contribution in [0.3, 0.4) is 0 Å². The summed E-state index contributed by atoms with van der Waals surface area (Å²) in [5.74, 6) is 1.05. The van der Waals surface area contributed by atoms with Gasteiger partial charge in [-0.25, -0.2) is 0 Å². The minimum Gasteiger partial charge on any atom is -0.494 e. The van der Waals surface area contributed by atoms with Gasteiger partial charge in [-0.15, -0.1) is 11.3 Å². The second-order valence-corrected chi connectivity index (χ2v) is 11.6. The lowest BCUT2D eigenvalue weighted by molar-refractivity contribution is -0.134. The number of thiophene rings is 1.